The normalized spacial score (nSPS) is 10.4. The van der Waals surface area contributed by atoms with Crippen LogP contribution in [0.4, 0.5) is 5.69 Å². The van der Waals surface area contributed by atoms with Crippen molar-refractivity contribution in [2.45, 2.75) is 0 Å². The van der Waals surface area contributed by atoms with E-state index in [1.807, 2.05) is 18.2 Å². The van der Waals surface area contributed by atoms with Crippen molar-refractivity contribution in [3.63, 3.8) is 0 Å². The van der Waals surface area contributed by atoms with Crippen molar-refractivity contribution in [3.05, 3.63) is 42.9 Å². The van der Waals surface area contributed by atoms with Gasteiger partial charge in [0.15, 0.2) is 0 Å². The van der Waals surface area contributed by atoms with E-state index in [9.17, 15) is 0 Å². The number of pyridine rings is 2. The maximum atomic E-state index is 5.79. The van der Waals surface area contributed by atoms with Crippen molar-refractivity contribution in [1.82, 2.24) is 20.1 Å². The minimum Gasteiger partial charge on any atom is -0.397 e. The number of nitrogens with two attached hydrogens (primary N) is 1. The summed E-state index contributed by atoms with van der Waals surface area (Å²) < 4.78 is 5.18. The molecule has 0 unspecified atom stereocenters. The van der Waals surface area contributed by atoms with Gasteiger partial charge in [-0.15, -0.1) is 0 Å². The van der Waals surface area contributed by atoms with Gasteiger partial charge in [0, 0.05) is 12.4 Å². The van der Waals surface area contributed by atoms with Crippen LogP contribution in [0.5, 0.6) is 0 Å². The summed E-state index contributed by atoms with van der Waals surface area (Å²) in [4.78, 5) is 12.3. The summed E-state index contributed by atoms with van der Waals surface area (Å²) in [7, 11) is 0. The highest BCUT2D eigenvalue weighted by molar-refractivity contribution is 5.69. The summed E-state index contributed by atoms with van der Waals surface area (Å²) in [5.74, 6) is 0.789. The minimum atomic E-state index is 0.357. The van der Waals surface area contributed by atoms with Crippen LogP contribution in [0.25, 0.3) is 23.0 Å². The number of nitrogen functional groups attached to an aromatic ring is 1. The lowest BCUT2D eigenvalue weighted by Gasteiger charge is -1.97. The molecule has 0 aromatic carbocycles. The van der Waals surface area contributed by atoms with Crippen LogP contribution in [0, 0.1) is 0 Å². The quantitative estimate of drug-likeness (QED) is 0.732. The maximum Gasteiger partial charge on any atom is 0.260 e. The smallest absolute Gasteiger partial charge is 0.260 e. The Bertz CT molecular complexity index is 665. The van der Waals surface area contributed by atoms with Gasteiger partial charge in [0.05, 0.1) is 17.4 Å². The Hall–Kier alpha value is -2.76. The van der Waals surface area contributed by atoms with Crippen LogP contribution in [0.2, 0.25) is 0 Å². The van der Waals surface area contributed by atoms with Gasteiger partial charge >= 0.3 is 0 Å². The van der Waals surface area contributed by atoms with Crippen LogP contribution in [0.15, 0.2) is 47.4 Å². The Morgan fingerprint density at radius 1 is 1.11 bits per heavy atom. The molecule has 2 N–H and O–H groups in total. The van der Waals surface area contributed by atoms with Crippen molar-refractivity contribution in [2.24, 2.45) is 0 Å². The summed E-state index contributed by atoms with van der Waals surface area (Å²) in [5.41, 5.74) is 7.61. The number of hydrogen-bond donors (Lipinski definition) is 1. The zero-order valence-corrected chi connectivity index (χ0v) is 9.32. The van der Waals surface area contributed by atoms with Crippen molar-refractivity contribution >= 4 is 5.69 Å². The van der Waals surface area contributed by atoms with E-state index in [1.165, 1.54) is 0 Å². The fourth-order valence-corrected chi connectivity index (χ4v) is 1.53. The van der Waals surface area contributed by atoms with Gasteiger partial charge in [-0.1, -0.05) is 11.2 Å². The third-order valence-electron chi connectivity index (χ3n) is 2.40. The van der Waals surface area contributed by atoms with Crippen LogP contribution in [-0.2, 0) is 0 Å². The van der Waals surface area contributed by atoms with Crippen LogP contribution < -0.4 is 5.73 Å². The fourth-order valence-electron chi connectivity index (χ4n) is 1.53. The zero-order valence-electron chi connectivity index (χ0n) is 9.32. The molecule has 0 spiro atoms. The van der Waals surface area contributed by atoms with Crippen LogP contribution in [0.1, 0.15) is 0 Å². The lowest BCUT2D eigenvalue weighted by Crippen LogP contribution is -1.91. The first-order valence-corrected chi connectivity index (χ1v) is 5.29. The molecule has 3 heterocycles. The van der Waals surface area contributed by atoms with Crippen molar-refractivity contribution in [2.75, 3.05) is 5.73 Å². The zero-order chi connectivity index (χ0) is 12.4. The number of aromatic nitrogens is 4. The van der Waals surface area contributed by atoms with Gasteiger partial charge in [0.1, 0.15) is 5.69 Å². The molecule has 0 bridgehead atoms. The van der Waals surface area contributed by atoms with E-state index >= 15 is 0 Å². The van der Waals surface area contributed by atoms with E-state index in [4.69, 9.17) is 10.3 Å². The minimum absolute atomic E-state index is 0.357. The van der Waals surface area contributed by atoms with E-state index in [2.05, 4.69) is 20.1 Å². The molecule has 0 aliphatic carbocycles. The molecular formula is C12H9N5O. The first-order chi connectivity index (χ1) is 8.84. The Labute approximate surface area is 103 Å². The van der Waals surface area contributed by atoms with E-state index in [-0.39, 0.29) is 0 Å². The lowest BCUT2D eigenvalue weighted by molar-refractivity contribution is 0.432. The molecule has 0 fully saturated rings. The summed E-state index contributed by atoms with van der Waals surface area (Å²) in [6.45, 7) is 0. The first kappa shape index (κ1) is 10.4. The van der Waals surface area contributed by atoms with Crippen LogP contribution in [-0.4, -0.2) is 20.1 Å². The van der Waals surface area contributed by atoms with Gasteiger partial charge < -0.3 is 10.3 Å². The number of hydrogen-bond acceptors (Lipinski definition) is 6. The van der Waals surface area contributed by atoms with E-state index < -0.39 is 0 Å². The second-order valence-corrected chi connectivity index (χ2v) is 3.60. The largest absolute Gasteiger partial charge is 0.397 e. The summed E-state index contributed by atoms with van der Waals surface area (Å²) >= 11 is 0. The highest BCUT2D eigenvalue weighted by atomic mass is 16.5. The highest BCUT2D eigenvalue weighted by Crippen LogP contribution is 2.24. The average molecular weight is 239 g/mol. The predicted octanol–water partition coefficient (Wildman–Crippen LogP) is 1.78. The van der Waals surface area contributed by atoms with E-state index in [0.717, 1.165) is 0 Å². The molecule has 0 saturated heterocycles. The summed E-state index contributed by atoms with van der Waals surface area (Å²) in [6.07, 6.45) is 4.84. The molecule has 0 saturated carbocycles. The Morgan fingerprint density at radius 2 is 2.06 bits per heavy atom. The first-order valence-electron chi connectivity index (χ1n) is 5.29. The summed E-state index contributed by atoms with van der Waals surface area (Å²) in [6, 6.07) is 7.22. The number of rotatable bonds is 2. The molecule has 6 nitrogen and oxygen atoms in total. The van der Waals surface area contributed by atoms with Crippen LogP contribution in [0.3, 0.4) is 0 Å². The molecule has 88 valence electrons. The Balaban J connectivity index is 2.03. The van der Waals surface area contributed by atoms with Gasteiger partial charge in [0.25, 0.3) is 5.89 Å². The molecule has 6 heteroatoms. The molecule has 0 atom stereocenters. The third-order valence-corrected chi connectivity index (χ3v) is 2.40. The second kappa shape index (κ2) is 4.25. The van der Waals surface area contributed by atoms with Gasteiger partial charge in [-0.05, 0) is 18.2 Å². The topological polar surface area (TPSA) is 90.7 Å². The Kier molecular flexibility index (Phi) is 2.45. The molecule has 3 aromatic heterocycles. The SMILES string of the molecule is Nc1cnccc1-c1nc(-c2ccccn2)no1. The fraction of sp³-hybridized carbons (Fsp3) is 0. The van der Waals surface area contributed by atoms with Gasteiger partial charge in [-0.2, -0.15) is 4.98 Å². The van der Waals surface area contributed by atoms with E-state index in [1.54, 1.807) is 24.7 Å². The number of anilines is 1. The molecule has 0 amide bonds. The molecular weight excluding hydrogens is 230 g/mol. The third kappa shape index (κ3) is 1.80. The average Bonchev–Trinajstić information content (AvgIpc) is 2.90. The molecule has 18 heavy (non-hydrogen) atoms. The molecule has 0 radical (unpaired) electrons. The standard InChI is InChI=1S/C12H9N5O/c13-9-7-14-6-4-8(9)12-16-11(17-18-12)10-3-1-2-5-15-10/h1-7H,13H2. The molecule has 0 aliphatic rings. The van der Waals surface area contributed by atoms with Crippen molar-refractivity contribution < 1.29 is 4.52 Å². The Morgan fingerprint density at radius 3 is 2.83 bits per heavy atom. The monoisotopic (exact) mass is 239 g/mol. The van der Waals surface area contributed by atoms with Crippen molar-refractivity contribution in [1.29, 1.82) is 0 Å². The van der Waals surface area contributed by atoms with Crippen molar-refractivity contribution in [3.8, 4) is 23.0 Å². The van der Waals surface area contributed by atoms with Gasteiger partial charge in [-0.25, -0.2) is 0 Å². The summed E-state index contributed by atoms with van der Waals surface area (Å²) in [5, 5.41) is 3.88. The van der Waals surface area contributed by atoms with E-state index in [0.29, 0.717) is 28.7 Å². The van der Waals surface area contributed by atoms with Gasteiger partial charge in [0.2, 0.25) is 5.82 Å². The number of nitrogens with zero attached hydrogens (tertiary/aromatic N) is 4. The molecule has 3 rings (SSSR count). The predicted molar refractivity (Wildman–Crippen MR) is 65.2 cm³/mol. The van der Waals surface area contributed by atoms with Gasteiger partial charge in [-0.3, -0.25) is 9.97 Å². The molecule has 3 aromatic rings. The molecule has 0 aliphatic heterocycles. The lowest BCUT2D eigenvalue weighted by atomic mass is 10.2. The highest BCUT2D eigenvalue weighted by Gasteiger charge is 2.13. The van der Waals surface area contributed by atoms with Crippen LogP contribution >= 0.6 is 0 Å². The maximum absolute atomic E-state index is 5.79. The second-order valence-electron chi connectivity index (χ2n) is 3.60.